The fourth-order valence-electron chi connectivity index (χ4n) is 2.22. The highest BCUT2D eigenvalue weighted by atomic mass is 16.5. The van der Waals surface area contributed by atoms with Crippen molar-refractivity contribution in [1.29, 1.82) is 0 Å². The predicted octanol–water partition coefficient (Wildman–Crippen LogP) is 3.01. The van der Waals surface area contributed by atoms with E-state index in [1.165, 1.54) is 0 Å². The van der Waals surface area contributed by atoms with Crippen LogP contribution in [0.2, 0.25) is 0 Å². The quantitative estimate of drug-likeness (QED) is 0.724. The Morgan fingerprint density at radius 2 is 1.30 bits per heavy atom. The second-order valence-electron chi connectivity index (χ2n) is 5.86. The summed E-state index contributed by atoms with van der Waals surface area (Å²) in [5, 5.41) is 0. The molecule has 0 spiro atoms. The summed E-state index contributed by atoms with van der Waals surface area (Å²) >= 11 is 0. The van der Waals surface area contributed by atoms with E-state index in [0.717, 1.165) is 22.9 Å². The molecule has 0 radical (unpaired) electrons. The molecule has 0 aliphatic carbocycles. The van der Waals surface area contributed by atoms with Crippen LogP contribution in [-0.4, -0.2) is 37.1 Å². The van der Waals surface area contributed by atoms with Gasteiger partial charge in [-0.2, -0.15) is 0 Å². The molecule has 4 unspecified atom stereocenters. The summed E-state index contributed by atoms with van der Waals surface area (Å²) in [6.07, 6.45) is 0. The Morgan fingerprint density at radius 1 is 0.950 bits per heavy atom. The molecule has 0 amide bonds. The first-order valence-electron chi connectivity index (χ1n) is 7.12. The van der Waals surface area contributed by atoms with Crippen LogP contribution in [0.15, 0.2) is 34.3 Å². The smallest absolute Gasteiger partial charge is 0.187 e. The minimum absolute atomic E-state index is 0.0919. The first kappa shape index (κ1) is 14.8. The molecule has 20 heavy (non-hydrogen) atoms. The molecule has 4 atom stereocenters. The molecule has 0 saturated heterocycles. The van der Waals surface area contributed by atoms with E-state index in [1.807, 2.05) is 13.8 Å². The van der Waals surface area contributed by atoms with E-state index in [0.29, 0.717) is 13.2 Å². The average molecular weight is 276 g/mol. The van der Waals surface area contributed by atoms with Crippen LogP contribution in [0.3, 0.4) is 0 Å². The van der Waals surface area contributed by atoms with Crippen LogP contribution in [0.5, 0.6) is 0 Å². The van der Waals surface area contributed by atoms with E-state index in [1.54, 1.807) is 0 Å². The van der Waals surface area contributed by atoms with Crippen molar-refractivity contribution >= 4 is 11.8 Å². The molecule has 2 rings (SSSR count). The van der Waals surface area contributed by atoms with Gasteiger partial charge >= 0.3 is 0 Å². The SMILES string of the molecule is C=C(C)C1COC(C(C)C(C)C2=NC(C(=C)C)CO2)=N1. The van der Waals surface area contributed by atoms with E-state index in [9.17, 15) is 0 Å². The summed E-state index contributed by atoms with van der Waals surface area (Å²) in [5.74, 6) is 1.88. The Kier molecular flexibility index (Phi) is 4.31. The molecule has 0 aromatic rings. The van der Waals surface area contributed by atoms with Gasteiger partial charge in [-0.3, -0.25) is 0 Å². The van der Waals surface area contributed by atoms with Crippen LogP contribution in [0.1, 0.15) is 27.7 Å². The Labute approximate surface area is 121 Å². The van der Waals surface area contributed by atoms with Gasteiger partial charge in [-0.15, -0.1) is 0 Å². The van der Waals surface area contributed by atoms with Gasteiger partial charge in [-0.1, -0.05) is 38.2 Å². The van der Waals surface area contributed by atoms with Gasteiger partial charge in [0.1, 0.15) is 25.3 Å². The standard InChI is InChI=1S/C16H24N2O2/c1-9(2)13-7-19-15(17-13)11(5)12(6)16-18-14(8-20-16)10(3)4/h11-14H,1,3,7-8H2,2,4-6H3. The summed E-state index contributed by atoms with van der Waals surface area (Å²) in [5.41, 5.74) is 2.08. The summed E-state index contributed by atoms with van der Waals surface area (Å²) in [4.78, 5) is 9.20. The van der Waals surface area contributed by atoms with Gasteiger partial charge in [0, 0.05) is 11.8 Å². The zero-order valence-corrected chi connectivity index (χ0v) is 12.8. The maximum atomic E-state index is 5.70. The van der Waals surface area contributed by atoms with Gasteiger partial charge in [-0.05, 0) is 13.8 Å². The van der Waals surface area contributed by atoms with E-state index in [4.69, 9.17) is 9.47 Å². The maximum absolute atomic E-state index is 5.70. The molecular weight excluding hydrogens is 252 g/mol. The van der Waals surface area contributed by atoms with E-state index in [2.05, 4.69) is 37.0 Å². The lowest BCUT2D eigenvalue weighted by Crippen LogP contribution is -2.26. The number of nitrogens with zero attached hydrogens (tertiary/aromatic N) is 2. The predicted molar refractivity (Wildman–Crippen MR) is 82.3 cm³/mol. The third-order valence-electron chi connectivity index (χ3n) is 4.01. The van der Waals surface area contributed by atoms with Crippen LogP contribution in [-0.2, 0) is 9.47 Å². The Bertz CT molecular complexity index is 435. The average Bonchev–Trinajstić information content (AvgIpc) is 3.05. The maximum Gasteiger partial charge on any atom is 0.187 e. The van der Waals surface area contributed by atoms with Crippen LogP contribution in [0, 0.1) is 11.8 Å². The van der Waals surface area contributed by atoms with Crippen molar-refractivity contribution < 1.29 is 9.47 Å². The lowest BCUT2D eigenvalue weighted by atomic mass is 9.95. The third-order valence-corrected chi connectivity index (χ3v) is 4.01. The number of ether oxygens (including phenoxy) is 2. The molecule has 2 heterocycles. The van der Waals surface area contributed by atoms with Crippen molar-refractivity contribution in [3.63, 3.8) is 0 Å². The van der Waals surface area contributed by atoms with Crippen LogP contribution < -0.4 is 0 Å². The second-order valence-corrected chi connectivity index (χ2v) is 5.86. The van der Waals surface area contributed by atoms with Gasteiger partial charge in [0.25, 0.3) is 0 Å². The van der Waals surface area contributed by atoms with Crippen molar-refractivity contribution in [2.24, 2.45) is 21.8 Å². The molecular formula is C16H24N2O2. The largest absolute Gasteiger partial charge is 0.478 e. The van der Waals surface area contributed by atoms with Crippen molar-refractivity contribution in [2.45, 2.75) is 39.8 Å². The van der Waals surface area contributed by atoms with Crippen LogP contribution in [0.25, 0.3) is 0 Å². The fourth-order valence-corrected chi connectivity index (χ4v) is 2.22. The molecule has 0 N–H and O–H groups in total. The Morgan fingerprint density at radius 3 is 1.55 bits per heavy atom. The molecule has 0 fully saturated rings. The van der Waals surface area contributed by atoms with E-state index >= 15 is 0 Å². The highest BCUT2D eigenvalue weighted by Crippen LogP contribution is 2.25. The minimum Gasteiger partial charge on any atom is -0.478 e. The van der Waals surface area contributed by atoms with Gasteiger partial charge in [0.05, 0.1) is 0 Å². The van der Waals surface area contributed by atoms with Crippen molar-refractivity contribution in [2.75, 3.05) is 13.2 Å². The molecule has 4 heteroatoms. The summed E-state index contributed by atoms with van der Waals surface area (Å²) in [7, 11) is 0. The van der Waals surface area contributed by atoms with Crippen molar-refractivity contribution in [3.8, 4) is 0 Å². The number of hydrogen-bond donors (Lipinski definition) is 0. The van der Waals surface area contributed by atoms with Crippen LogP contribution >= 0.6 is 0 Å². The van der Waals surface area contributed by atoms with E-state index < -0.39 is 0 Å². The zero-order chi connectivity index (χ0) is 14.9. The molecule has 0 bridgehead atoms. The topological polar surface area (TPSA) is 43.2 Å². The molecule has 4 nitrogen and oxygen atoms in total. The zero-order valence-electron chi connectivity index (χ0n) is 12.8. The fraction of sp³-hybridized carbons (Fsp3) is 0.625. The normalized spacial score (nSPS) is 28.0. The van der Waals surface area contributed by atoms with Gasteiger partial charge in [-0.25, -0.2) is 9.98 Å². The summed E-state index contributed by atoms with van der Waals surface area (Å²) in [6.45, 7) is 17.2. The molecule has 0 aromatic heterocycles. The van der Waals surface area contributed by atoms with Gasteiger partial charge in [0.15, 0.2) is 11.8 Å². The number of rotatable bonds is 5. The molecule has 0 aromatic carbocycles. The molecule has 0 saturated carbocycles. The minimum atomic E-state index is 0.0919. The lowest BCUT2D eigenvalue weighted by Gasteiger charge is -2.18. The second kappa shape index (κ2) is 5.81. The summed E-state index contributed by atoms with van der Waals surface area (Å²) in [6, 6.07) is 0.184. The van der Waals surface area contributed by atoms with Crippen LogP contribution in [0.4, 0.5) is 0 Å². The van der Waals surface area contributed by atoms with Crippen molar-refractivity contribution in [1.82, 2.24) is 0 Å². The first-order chi connectivity index (χ1) is 9.40. The molecule has 2 aliphatic heterocycles. The van der Waals surface area contributed by atoms with E-state index in [-0.39, 0.29) is 23.9 Å². The molecule has 2 aliphatic rings. The number of aliphatic imine (C=N–C) groups is 2. The highest BCUT2D eigenvalue weighted by Gasteiger charge is 2.32. The van der Waals surface area contributed by atoms with Gasteiger partial charge in [0.2, 0.25) is 0 Å². The third kappa shape index (κ3) is 2.94. The van der Waals surface area contributed by atoms with Crippen molar-refractivity contribution in [3.05, 3.63) is 24.3 Å². The first-order valence-corrected chi connectivity index (χ1v) is 7.12. The Balaban J connectivity index is 2.05. The lowest BCUT2D eigenvalue weighted by molar-refractivity contribution is 0.280. The number of hydrogen-bond acceptors (Lipinski definition) is 4. The highest BCUT2D eigenvalue weighted by molar-refractivity contribution is 5.89. The van der Waals surface area contributed by atoms with Gasteiger partial charge < -0.3 is 9.47 Å². The molecule has 110 valence electrons. The Hall–Kier alpha value is -1.58. The monoisotopic (exact) mass is 276 g/mol. The summed E-state index contributed by atoms with van der Waals surface area (Å²) < 4.78 is 11.4.